The molecule has 2 N–H and O–H groups in total. The van der Waals surface area contributed by atoms with E-state index in [2.05, 4.69) is 24.5 Å². The van der Waals surface area contributed by atoms with Gasteiger partial charge in [0, 0.05) is 22.5 Å². The van der Waals surface area contributed by atoms with Crippen molar-refractivity contribution in [1.82, 2.24) is 0 Å². The minimum absolute atomic E-state index is 0.138. The van der Waals surface area contributed by atoms with Gasteiger partial charge in [0.25, 0.3) is 0 Å². The molecule has 0 unspecified atom stereocenters. The summed E-state index contributed by atoms with van der Waals surface area (Å²) in [5.41, 5.74) is 1.52. The summed E-state index contributed by atoms with van der Waals surface area (Å²) in [6.07, 6.45) is 0. The summed E-state index contributed by atoms with van der Waals surface area (Å²) in [4.78, 5) is 11.9. The van der Waals surface area contributed by atoms with Gasteiger partial charge < -0.3 is 15.4 Å². The quantitative estimate of drug-likeness (QED) is 0.788. The van der Waals surface area contributed by atoms with Gasteiger partial charge in [0.2, 0.25) is 5.91 Å². The third-order valence-corrected chi connectivity index (χ3v) is 3.21. The van der Waals surface area contributed by atoms with Crippen molar-refractivity contribution >= 4 is 28.9 Å². The van der Waals surface area contributed by atoms with E-state index in [4.69, 9.17) is 16.3 Å². The molecule has 0 aliphatic heterocycles. The summed E-state index contributed by atoms with van der Waals surface area (Å²) in [5, 5.41) is 6.46. The van der Waals surface area contributed by atoms with Crippen LogP contribution >= 0.6 is 11.6 Å². The van der Waals surface area contributed by atoms with Gasteiger partial charge in [-0.15, -0.1) is 0 Å². The average Bonchev–Trinajstić information content (AvgIpc) is 2.51. The Balaban J connectivity index is 1.85. The predicted octanol–water partition coefficient (Wildman–Crippen LogP) is 4.43. The van der Waals surface area contributed by atoms with Crippen LogP contribution in [0.15, 0.2) is 48.5 Å². The molecular formula is C18H21ClN2O2. The van der Waals surface area contributed by atoms with Crippen LogP contribution in [-0.2, 0) is 4.79 Å². The molecule has 0 bridgehead atoms. The van der Waals surface area contributed by atoms with E-state index in [9.17, 15) is 4.79 Å². The van der Waals surface area contributed by atoms with Gasteiger partial charge >= 0.3 is 0 Å². The molecule has 2 aromatic rings. The molecule has 0 aliphatic rings. The zero-order chi connectivity index (χ0) is 16.7. The summed E-state index contributed by atoms with van der Waals surface area (Å²) >= 11 is 5.89. The lowest BCUT2D eigenvalue weighted by Gasteiger charge is -2.11. The maximum atomic E-state index is 11.9. The van der Waals surface area contributed by atoms with Crippen molar-refractivity contribution in [2.75, 3.05) is 23.8 Å². The predicted molar refractivity (Wildman–Crippen MR) is 95.3 cm³/mol. The minimum atomic E-state index is -0.138. The number of carbonyl (C=O) groups is 1. The Labute approximate surface area is 141 Å². The molecule has 0 aromatic heterocycles. The van der Waals surface area contributed by atoms with Gasteiger partial charge in [0.15, 0.2) is 0 Å². The van der Waals surface area contributed by atoms with Gasteiger partial charge in [-0.1, -0.05) is 37.6 Å². The van der Waals surface area contributed by atoms with Crippen LogP contribution in [-0.4, -0.2) is 19.1 Å². The van der Waals surface area contributed by atoms with E-state index in [1.165, 1.54) is 0 Å². The highest BCUT2D eigenvalue weighted by Crippen LogP contribution is 2.18. The van der Waals surface area contributed by atoms with E-state index in [0.717, 1.165) is 11.4 Å². The number of rotatable bonds is 7. The second-order valence-corrected chi connectivity index (χ2v) is 6.08. The fourth-order valence-corrected chi connectivity index (χ4v) is 2.10. The Hall–Kier alpha value is -2.20. The number of hydrogen-bond donors (Lipinski definition) is 2. The molecule has 4 nitrogen and oxygen atoms in total. The Kier molecular flexibility index (Phi) is 6.29. The van der Waals surface area contributed by atoms with Crippen LogP contribution in [0.5, 0.6) is 5.75 Å². The van der Waals surface area contributed by atoms with Crippen molar-refractivity contribution in [3.8, 4) is 5.75 Å². The first kappa shape index (κ1) is 17.2. The summed E-state index contributed by atoms with van der Waals surface area (Å²) in [5.74, 6) is 1.12. The smallest absolute Gasteiger partial charge is 0.243 e. The van der Waals surface area contributed by atoms with Crippen LogP contribution in [0.1, 0.15) is 13.8 Å². The lowest BCUT2D eigenvalue weighted by Crippen LogP contribution is -2.21. The highest BCUT2D eigenvalue weighted by Gasteiger charge is 2.04. The van der Waals surface area contributed by atoms with Crippen LogP contribution in [0.25, 0.3) is 0 Å². The van der Waals surface area contributed by atoms with Crippen LogP contribution < -0.4 is 15.4 Å². The number of carbonyl (C=O) groups excluding carboxylic acids is 1. The first-order chi connectivity index (χ1) is 11.0. The molecule has 0 saturated carbocycles. The number of anilines is 2. The van der Waals surface area contributed by atoms with Crippen molar-refractivity contribution in [1.29, 1.82) is 0 Å². The van der Waals surface area contributed by atoms with E-state index in [0.29, 0.717) is 23.2 Å². The summed E-state index contributed by atoms with van der Waals surface area (Å²) in [6, 6.07) is 14.6. The first-order valence-electron chi connectivity index (χ1n) is 7.55. The molecule has 2 rings (SSSR count). The second-order valence-electron chi connectivity index (χ2n) is 5.64. The number of halogens is 1. The van der Waals surface area contributed by atoms with Crippen LogP contribution in [0, 0.1) is 5.92 Å². The van der Waals surface area contributed by atoms with Gasteiger partial charge in [0.05, 0.1) is 13.2 Å². The van der Waals surface area contributed by atoms with Gasteiger partial charge in [-0.05, 0) is 36.2 Å². The summed E-state index contributed by atoms with van der Waals surface area (Å²) in [6.45, 7) is 5.03. The Morgan fingerprint density at radius 1 is 1.13 bits per heavy atom. The third-order valence-electron chi connectivity index (χ3n) is 2.98. The zero-order valence-corrected chi connectivity index (χ0v) is 14.1. The molecule has 0 atom stereocenters. The average molecular weight is 333 g/mol. The molecule has 1 amide bonds. The third kappa shape index (κ3) is 6.20. The highest BCUT2D eigenvalue weighted by molar-refractivity contribution is 6.30. The van der Waals surface area contributed by atoms with Crippen molar-refractivity contribution in [3.63, 3.8) is 0 Å². The lowest BCUT2D eigenvalue weighted by atomic mass is 10.2. The Bertz CT molecular complexity index is 659. The number of nitrogens with one attached hydrogen (secondary N) is 2. The zero-order valence-electron chi connectivity index (χ0n) is 13.3. The SMILES string of the molecule is CC(C)COc1cccc(NCC(=O)Nc2cccc(Cl)c2)c1. The van der Waals surface area contributed by atoms with E-state index < -0.39 is 0 Å². The molecule has 0 saturated heterocycles. The molecule has 5 heteroatoms. The standard InChI is InChI=1S/C18H21ClN2O2/c1-13(2)12-23-17-8-4-6-15(10-17)20-11-18(22)21-16-7-3-5-14(19)9-16/h3-10,13,20H,11-12H2,1-2H3,(H,21,22). The fourth-order valence-electron chi connectivity index (χ4n) is 1.91. The first-order valence-corrected chi connectivity index (χ1v) is 7.93. The fraction of sp³-hybridized carbons (Fsp3) is 0.278. The molecular weight excluding hydrogens is 312 g/mol. The number of benzene rings is 2. The van der Waals surface area contributed by atoms with Crippen LogP contribution in [0.4, 0.5) is 11.4 Å². The maximum absolute atomic E-state index is 11.9. The molecule has 0 spiro atoms. The van der Waals surface area contributed by atoms with E-state index in [1.54, 1.807) is 24.3 Å². The van der Waals surface area contributed by atoms with Gasteiger partial charge in [-0.3, -0.25) is 4.79 Å². The summed E-state index contributed by atoms with van der Waals surface area (Å²) < 4.78 is 5.67. The van der Waals surface area contributed by atoms with Crippen LogP contribution in [0.2, 0.25) is 5.02 Å². The molecule has 122 valence electrons. The molecule has 0 heterocycles. The Morgan fingerprint density at radius 3 is 2.61 bits per heavy atom. The Morgan fingerprint density at radius 2 is 1.87 bits per heavy atom. The van der Waals surface area contributed by atoms with Crippen molar-refractivity contribution < 1.29 is 9.53 Å². The maximum Gasteiger partial charge on any atom is 0.243 e. The molecule has 0 fully saturated rings. The van der Waals surface area contributed by atoms with E-state index in [-0.39, 0.29) is 12.5 Å². The second kappa shape index (κ2) is 8.44. The van der Waals surface area contributed by atoms with E-state index >= 15 is 0 Å². The van der Waals surface area contributed by atoms with Crippen molar-refractivity contribution in [2.45, 2.75) is 13.8 Å². The topological polar surface area (TPSA) is 50.4 Å². The number of hydrogen-bond acceptors (Lipinski definition) is 3. The largest absolute Gasteiger partial charge is 0.493 e. The minimum Gasteiger partial charge on any atom is -0.493 e. The number of ether oxygens (including phenoxy) is 1. The van der Waals surface area contributed by atoms with Gasteiger partial charge in [-0.2, -0.15) is 0 Å². The normalized spacial score (nSPS) is 10.4. The van der Waals surface area contributed by atoms with Gasteiger partial charge in [0.1, 0.15) is 5.75 Å². The van der Waals surface area contributed by atoms with Gasteiger partial charge in [-0.25, -0.2) is 0 Å². The van der Waals surface area contributed by atoms with Crippen molar-refractivity contribution in [3.05, 3.63) is 53.6 Å². The number of amides is 1. The van der Waals surface area contributed by atoms with Crippen LogP contribution in [0.3, 0.4) is 0 Å². The summed E-state index contributed by atoms with van der Waals surface area (Å²) in [7, 11) is 0. The lowest BCUT2D eigenvalue weighted by molar-refractivity contribution is -0.114. The monoisotopic (exact) mass is 332 g/mol. The molecule has 0 radical (unpaired) electrons. The van der Waals surface area contributed by atoms with Crippen molar-refractivity contribution in [2.24, 2.45) is 5.92 Å². The molecule has 23 heavy (non-hydrogen) atoms. The highest BCUT2D eigenvalue weighted by atomic mass is 35.5. The van der Waals surface area contributed by atoms with E-state index in [1.807, 2.05) is 24.3 Å². The molecule has 2 aromatic carbocycles. The molecule has 0 aliphatic carbocycles.